The van der Waals surface area contributed by atoms with Crippen LogP contribution in [0.4, 0.5) is 0 Å². The molecule has 0 amide bonds. The van der Waals surface area contributed by atoms with E-state index in [9.17, 15) is 29.4 Å². The molecule has 2 aromatic rings. The highest BCUT2D eigenvalue weighted by molar-refractivity contribution is 5.93. The van der Waals surface area contributed by atoms with Crippen LogP contribution in [0.5, 0.6) is 11.5 Å². The number of rotatable bonds is 6. The lowest BCUT2D eigenvalue weighted by Crippen LogP contribution is -2.38. The number of carboxylic acid groups (broad SMARTS) is 2. The normalized spacial score (nSPS) is 23.2. The second-order valence-corrected chi connectivity index (χ2v) is 6.65. The van der Waals surface area contributed by atoms with Gasteiger partial charge in [-0.05, 0) is 30.7 Å². The molecule has 29 heavy (non-hydrogen) atoms. The Bertz CT molecular complexity index is 909. The molecule has 0 bridgehead atoms. The molecule has 4 unspecified atom stereocenters. The first kappa shape index (κ1) is 20.1. The van der Waals surface area contributed by atoms with E-state index in [4.69, 9.17) is 9.47 Å². The van der Waals surface area contributed by atoms with Gasteiger partial charge in [-0.1, -0.05) is 36.4 Å². The summed E-state index contributed by atoms with van der Waals surface area (Å²) in [7, 11) is 0. The summed E-state index contributed by atoms with van der Waals surface area (Å²) in [5.74, 6) is -10.2. The number of carboxylic acids is 2. The maximum Gasteiger partial charge on any atom is 0.316 e. The van der Waals surface area contributed by atoms with Gasteiger partial charge in [-0.15, -0.1) is 0 Å². The van der Waals surface area contributed by atoms with Crippen molar-refractivity contribution in [2.45, 2.75) is 6.42 Å². The van der Waals surface area contributed by atoms with E-state index in [0.717, 1.165) is 0 Å². The Kier molecular flexibility index (Phi) is 5.92. The Morgan fingerprint density at radius 1 is 0.655 bits per heavy atom. The summed E-state index contributed by atoms with van der Waals surface area (Å²) in [4.78, 5) is 48.9. The Balaban J connectivity index is 1.87. The van der Waals surface area contributed by atoms with Crippen LogP contribution in [-0.4, -0.2) is 34.1 Å². The molecule has 8 heteroatoms. The zero-order valence-corrected chi connectivity index (χ0v) is 15.1. The maximum absolute atomic E-state index is 12.7. The van der Waals surface area contributed by atoms with E-state index < -0.39 is 47.5 Å². The van der Waals surface area contributed by atoms with E-state index >= 15 is 0 Å². The standard InChI is InChI=1S/C21H18O8/c22-18(23)14-11-15(20(26)28-12-7-3-1-4-8-12)16(19(24)25)17(14)21(27)29-13-9-5-2-6-10-13/h1-10,14-17H,11H2,(H,22,23)(H,24,25). The average Bonchev–Trinajstić information content (AvgIpc) is 3.11. The fraction of sp³-hybridized carbons (Fsp3) is 0.238. The van der Waals surface area contributed by atoms with E-state index in [2.05, 4.69) is 0 Å². The first-order valence-corrected chi connectivity index (χ1v) is 8.87. The highest BCUT2D eigenvalue weighted by Crippen LogP contribution is 2.43. The number of carbonyl (C=O) groups excluding carboxylic acids is 2. The fourth-order valence-electron chi connectivity index (χ4n) is 3.55. The van der Waals surface area contributed by atoms with Crippen molar-refractivity contribution in [3.63, 3.8) is 0 Å². The predicted molar refractivity (Wildman–Crippen MR) is 98.0 cm³/mol. The van der Waals surface area contributed by atoms with Gasteiger partial charge in [0.25, 0.3) is 0 Å². The molecule has 0 aromatic heterocycles. The van der Waals surface area contributed by atoms with Crippen LogP contribution < -0.4 is 9.47 Å². The van der Waals surface area contributed by atoms with Gasteiger partial charge in [-0.3, -0.25) is 19.2 Å². The van der Waals surface area contributed by atoms with Crippen LogP contribution in [-0.2, 0) is 19.2 Å². The third-order valence-electron chi connectivity index (χ3n) is 4.86. The topological polar surface area (TPSA) is 127 Å². The van der Waals surface area contributed by atoms with E-state index in [-0.39, 0.29) is 17.9 Å². The molecule has 0 radical (unpaired) electrons. The van der Waals surface area contributed by atoms with Gasteiger partial charge in [0.1, 0.15) is 11.5 Å². The summed E-state index contributed by atoms with van der Waals surface area (Å²) < 4.78 is 10.4. The predicted octanol–water partition coefficient (Wildman–Crippen LogP) is 2.24. The molecular formula is C21H18O8. The minimum atomic E-state index is -1.58. The highest BCUT2D eigenvalue weighted by Gasteiger charge is 2.57. The molecule has 0 saturated heterocycles. The van der Waals surface area contributed by atoms with Crippen LogP contribution >= 0.6 is 0 Å². The van der Waals surface area contributed by atoms with Gasteiger partial charge in [-0.25, -0.2) is 0 Å². The lowest BCUT2D eigenvalue weighted by atomic mass is 9.87. The van der Waals surface area contributed by atoms with Gasteiger partial charge in [0.05, 0.1) is 23.7 Å². The summed E-state index contributed by atoms with van der Waals surface area (Å²) in [6.45, 7) is 0. The maximum atomic E-state index is 12.7. The molecule has 1 aliphatic rings. The minimum Gasteiger partial charge on any atom is -0.481 e. The van der Waals surface area contributed by atoms with Crippen molar-refractivity contribution in [3.8, 4) is 11.5 Å². The molecule has 1 saturated carbocycles. The number of carbonyl (C=O) groups is 4. The summed E-state index contributed by atoms with van der Waals surface area (Å²) in [6.07, 6.45) is -0.341. The number of benzene rings is 2. The molecule has 4 atom stereocenters. The van der Waals surface area contributed by atoms with Crippen molar-refractivity contribution in [1.29, 1.82) is 0 Å². The van der Waals surface area contributed by atoms with Gasteiger partial charge in [0.15, 0.2) is 0 Å². The fourth-order valence-corrected chi connectivity index (χ4v) is 3.55. The molecule has 2 aromatic carbocycles. The van der Waals surface area contributed by atoms with E-state index in [1.54, 1.807) is 36.4 Å². The number of para-hydroxylation sites is 2. The first-order valence-electron chi connectivity index (χ1n) is 8.87. The van der Waals surface area contributed by atoms with Gasteiger partial charge in [-0.2, -0.15) is 0 Å². The Morgan fingerprint density at radius 3 is 1.59 bits per heavy atom. The first-order chi connectivity index (χ1) is 13.9. The highest BCUT2D eigenvalue weighted by atomic mass is 16.5. The zero-order valence-electron chi connectivity index (χ0n) is 15.1. The molecule has 8 nitrogen and oxygen atoms in total. The summed E-state index contributed by atoms with van der Waals surface area (Å²) >= 11 is 0. The summed E-state index contributed by atoms with van der Waals surface area (Å²) in [6, 6.07) is 15.9. The van der Waals surface area contributed by atoms with Gasteiger partial charge < -0.3 is 19.7 Å². The lowest BCUT2D eigenvalue weighted by molar-refractivity contribution is -0.159. The molecule has 1 aliphatic carbocycles. The largest absolute Gasteiger partial charge is 0.481 e. The second kappa shape index (κ2) is 8.55. The van der Waals surface area contributed by atoms with Crippen molar-refractivity contribution in [3.05, 3.63) is 60.7 Å². The molecule has 2 N–H and O–H groups in total. The molecule has 0 aliphatic heterocycles. The van der Waals surface area contributed by atoms with Crippen LogP contribution in [0.25, 0.3) is 0 Å². The van der Waals surface area contributed by atoms with Crippen molar-refractivity contribution in [2.75, 3.05) is 0 Å². The third-order valence-corrected chi connectivity index (χ3v) is 4.86. The van der Waals surface area contributed by atoms with Crippen LogP contribution in [0.3, 0.4) is 0 Å². The van der Waals surface area contributed by atoms with Crippen LogP contribution in [0.2, 0.25) is 0 Å². The molecule has 3 rings (SSSR count). The quantitative estimate of drug-likeness (QED) is 0.560. The van der Waals surface area contributed by atoms with Gasteiger partial charge in [0, 0.05) is 0 Å². The zero-order chi connectivity index (χ0) is 21.0. The van der Waals surface area contributed by atoms with Crippen LogP contribution in [0.1, 0.15) is 6.42 Å². The Morgan fingerprint density at radius 2 is 1.14 bits per heavy atom. The van der Waals surface area contributed by atoms with Crippen LogP contribution in [0, 0.1) is 23.7 Å². The van der Waals surface area contributed by atoms with E-state index in [0.29, 0.717) is 0 Å². The minimum absolute atomic E-state index is 0.154. The van der Waals surface area contributed by atoms with Crippen molar-refractivity contribution < 1.29 is 38.9 Å². The van der Waals surface area contributed by atoms with Gasteiger partial charge in [0.2, 0.25) is 0 Å². The number of hydrogen-bond donors (Lipinski definition) is 2. The lowest BCUT2D eigenvalue weighted by Gasteiger charge is -2.20. The van der Waals surface area contributed by atoms with E-state index in [1.807, 2.05) is 0 Å². The van der Waals surface area contributed by atoms with Crippen molar-refractivity contribution >= 4 is 23.9 Å². The number of aliphatic carboxylic acids is 2. The van der Waals surface area contributed by atoms with Crippen molar-refractivity contribution in [1.82, 2.24) is 0 Å². The molecule has 0 spiro atoms. The van der Waals surface area contributed by atoms with Crippen molar-refractivity contribution in [2.24, 2.45) is 23.7 Å². The Hall–Kier alpha value is -3.68. The number of hydrogen-bond acceptors (Lipinski definition) is 6. The van der Waals surface area contributed by atoms with E-state index in [1.165, 1.54) is 24.3 Å². The second-order valence-electron chi connectivity index (χ2n) is 6.65. The molecule has 150 valence electrons. The third kappa shape index (κ3) is 4.43. The van der Waals surface area contributed by atoms with Crippen LogP contribution in [0.15, 0.2) is 60.7 Å². The number of ether oxygens (including phenoxy) is 2. The monoisotopic (exact) mass is 398 g/mol. The molecule has 0 heterocycles. The summed E-state index contributed by atoms with van der Waals surface area (Å²) in [5, 5.41) is 19.2. The number of esters is 2. The van der Waals surface area contributed by atoms with Gasteiger partial charge >= 0.3 is 23.9 Å². The Labute approximate surface area is 165 Å². The SMILES string of the molecule is O=C(O)C1CC(C(=O)Oc2ccccc2)C(C(=O)O)C1C(=O)Oc1ccccc1. The molecule has 1 fully saturated rings. The molecular weight excluding hydrogens is 380 g/mol. The average molecular weight is 398 g/mol. The smallest absolute Gasteiger partial charge is 0.316 e. The summed E-state index contributed by atoms with van der Waals surface area (Å²) in [5.41, 5.74) is 0.